The van der Waals surface area contributed by atoms with Crippen molar-refractivity contribution in [2.45, 2.75) is 0 Å². The third-order valence-electron chi connectivity index (χ3n) is 3.33. The molecule has 0 aliphatic heterocycles. The van der Waals surface area contributed by atoms with E-state index in [1.165, 1.54) is 48.5 Å². The molecule has 0 unspecified atom stereocenters. The lowest BCUT2D eigenvalue weighted by Crippen LogP contribution is -2.37. The maximum Gasteiger partial charge on any atom is 0.323 e. The number of hydrogen-bond donors (Lipinski definition) is 1. The molecule has 0 radical (unpaired) electrons. The van der Waals surface area contributed by atoms with Crippen LogP contribution in [0, 0.1) is 10.1 Å². The molecule has 2 aromatic rings. The second kappa shape index (κ2) is 8.02. The number of amides is 1. The molecule has 0 saturated heterocycles. The number of benzene rings is 1. The molecular formula is C15H16N4O6. The van der Waals surface area contributed by atoms with Crippen molar-refractivity contribution in [2.75, 3.05) is 26.8 Å². The van der Waals surface area contributed by atoms with Crippen molar-refractivity contribution in [2.24, 2.45) is 0 Å². The minimum Gasteiger partial charge on any atom is -0.480 e. The van der Waals surface area contributed by atoms with Gasteiger partial charge < -0.3 is 14.7 Å². The number of non-ortho nitro benzene ring substituents is 1. The zero-order chi connectivity index (χ0) is 18.4. The Hall–Kier alpha value is -3.27. The number of carbonyl (C=O) groups excluding carboxylic acids is 1. The molecule has 1 aromatic carbocycles. The van der Waals surface area contributed by atoms with E-state index in [9.17, 15) is 19.7 Å². The third kappa shape index (κ3) is 4.61. The second-order valence-electron chi connectivity index (χ2n) is 5.06. The van der Waals surface area contributed by atoms with Crippen molar-refractivity contribution in [3.05, 3.63) is 52.3 Å². The van der Waals surface area contributed by atoms with Crippen LogP contribution in [-0.4, -0.2) is 63.4 Å². The molecule has 0 aliphatic rings. The number of rotatable bonds is 8. The average molecular weight is 348 g/mol. The zero-order valence-corrected chi connectivity index (χ0v) is 13.4. The molecule has 0 aliphatic carbocycles. The Morgan fingerprint density at radius 2 is 2.04 bits per heavy atom. The molecule has 1 aromatic heterocycles. The predicted molar refractivity (Wildman–Crippen MR) is 85.6 cm³/mol. The van der Waals surface area contributed by atoms with Gasteiger partial charge in [0.15, 0.2) is 0 Å². The van der Waals surface area contributed by atoms with Gasteiger partial charge >= 0.3 is 5.97 Å². The molecule has 0 fully saturated rings. The normalized spacial score (nSPS) is 10.4. The number of carboxylic acid groups (broad SMARTS) is 1. The lowest BCUT2D eigenvalue weighted by Gasteiger charge is -2.19. The molecule has 1 heterocycles. The number of aromatic nitrogens is 2. The van der Waals surface area contributed by atoms with E-state index in [1.807, 2.05) is 0 Å². The van der Waals surface area contributed by atoms with Gasteiger partial charge in [-0.15, -0.1) is 0 Å². The van der Waals surface area contributed by atoms with Crippen LogP contribution in [0.15, 0.2) is 36.7 Å². The summed E-state index contributed by atoms with van der Waals surface area (Å²) in [6.45, 7) is -0.120. The number of aliphatic carboxylic acids is 1. The summed E-state index contributed by atoms with van der Waals surface area (Å²) in [4.78, 5) is 34.6. The van der Waals surface area contributed by atoms with Crippen molar-refractivity contribution in [3.8, 4) is 5.69 Å². The molecule has 132 valence electrons. The molecule has 25 heavy (non-hydrogen) atoms. The Labute approximate surface area is 142 Å². The van der Waals surface area contributed by atoms with Gasteiger partial charge in [-0.05, 0) is 12.1 Å². The van der Waals surface area contributed by atoms with E-state index in [-0.39, 0.29) is 24.4 Å². The minimum atomic E-state index is -1.13. The van der Waals surface area contributed by atoms with E-state index in [1.54, 1.807) is 0 Å². The summed E-state index contributed by atoms with van der Waals surface area (Å²) in [6, 6.07) is 5.65. The number of hydrogen-bond acceptors (Lipinski definition) is 6. The van der Waals surface area contributed by atoms with Crippen LogP contribution in [0.25, 0.3) is 5.69 Å². The molecule has 1 amide bonds. The summed E-state index contributed by atoms with van der Waals surface area (Å²) in [6.07, 6.45) is 2.75. The lowest BCUT2D eigenvalue weighted by molar-refractivity contribution is -0.384. The van der Waals surface area contributed by atoms with E-state index < -0.39 is 23.3 Å². The van der Waals surface area contributed by atoms with Crippen molar-refractivity contribution in [3.63, 3.8) is 0 Å². The van der Waals surface area contributed by atoms with Crippen LogP contribution in [0.1, 0.15) is 10.4 Å². The molecule has 10 heteroatoms. The second-order valence-corrected chi connectivity index (χ2v) is 5.06. The van der Waals surface area contributed by atoms with Crippen molar-refractivity contribution in [1.29, 1.82) is 0 Å². The average Bonchev–Trinajstić information content (AvgIpc) is 3.07. The minimum absolute atomic E-state index is 0.0561. The first-order chi connectivity index (χ1) is 11.9. The summed E-state index contributed by atoms with van der Waals surface area (Å²) in [7, 11) is 1.45. The smallest absolute Gasteiger partial charge is 0.323 e. The monoisotopic (exact) mass is 348 g/mol. The lowest BCUT2D eigenvalue weighted by atomic mass is 10.2. The highest BCUT2D eigenvalue weighted by Gasteiger charge is 2.20. The van der Waals surface area contributed by atoms with Crippen LogP contribution >= 0.6 is 0 Å². The van der Waals surface area contributed by atoms with Crippen LogP contribution in [0.2, 0.25) is 0 Å². The Balaban J connectivity index is 2.18. The van der Waals surface area contributed by atoms with Gasteiger partial charge in [-0.25, -0.2) is 4.68 Å². The van der Waals surface area contributed by atoms with Crippen LogP contribution in [0.3, 0.4) is 0 Å². The Morgan fingerprint density at radius 3 is 2.60 bits per heavy atom. The van der Waals surface area contributed by atoms with Crippen molar-refractivity contribution < 1.29 is 24.4 Å². The van der Waals surface area contributed by atoms with Gasteiger partial charge in [0.1, 0.15) is 6.54 Å². The van der Waals surface area contributed by atoms with Gasteiger partial charge in [0, 0.05) is 32.0 Å². The van der Waals surface area contributed by atoms with Crippen molar-refractivity contribution >= 4 is 17.6 Å². The molecule has 0 bridgehead atoms. The summed E-state index contributed by atoms with van der Waals surface area (Å²) < 4.78 is 6.26. The fourth-order valence-electron chi connectivity index (χ4n) is 2.10. The fourth-order valence-corrected chi connectivity index (χ4v) is 2.10. The molecule has 2 rings (SSSR count). The van der Waals surface area contributed by atoms with Crippen LogP contribution in [-0.2, 0) is 9.53 Å². The third-order valence-corrected chi connectivity index (χ3v) is 3.33. The highest BCUT2D eigenvalue weighted by Crippen LogP contribution is 2.15. The number of nitrogens with zero attached hydrogens (tertiary/aromatic N) is 4. The van der Waals surface area contributed by atoms with E-state index in [4.69, 9.17) is 9.84 Å². The number of ether oxygens (including phenoxy) is 1. The van der Waals surface area contributed by atoms with Crippen molar-refractivity contribution in [1.82, 2.24) is 14.7 Å². The highest BCUT2D eigenvalue weighted by molar-refractivity contribution is 5.95. The largest absolute Gasteiger partial charge is 0.480 e. The number of carboxylic acids is 1. The Kier molecular flexibility index (Phi) is 5.79. The summed E-state index contributed by atoms with van der Waals surface area (Å²) in [5.41, 5.74) is 0.682. The van der Waals surface area contributed by atoms with Gasteiger partial charge in [-0.1, -0.05) is 0 Å². The molecule has 0 atom stereocenters. The first kappa shape index (κ1) is 18.1. The Bertz CT molecular complexity index is 771. The maximum absolute atomic E-state index is 12.4. The molecule has 0 spiro atoms. The Morgan fingerprint density at radius 1 is 1.36 bits per heavy atom. The first-order valence-corrected chi connectivity index (χ1v) is 7.22. The van der Waals surface area contributed by atoms with Gasteiger partial charge in [0.25, 0.3) is 11.6 Å². The number of nitro groups is 1. The summed E-state index contributed by atoms with van der Waals surface area (Å²) >= 11 is 0. The van der Waals surface area contributed by atoms with Crippen LogP contribution in [0.4, 0.5) is 5.69 Å². The van der Waals surface area contributed by atoms with E-state index >= 15 is 0 Å². The van der Waals surface area contributed by atoms with Gasteiger partial charge in [0.2, 0.25) is 0 Å². The standard InChI is InChI=1S/C15H16N4O6/c1-25-7-6-17(10-14(20)21)15(22)11-8-16-18(9-11)12-2-4-13(5-3-12)19(23)24/h2-5,8-9H,6-7,10H2,1H3,(H,20,21). The van der Waals surface area contributed by atoms with Gasteiger partial charge in [0.05, 0.1) is 29.0 Å². The number of carbonyl (C=O) groups is 2. The molecular weight excluding hydrogens is 332 g/mol. The van der Waals surface area contributed by atoms with Gasteiger partial charge in [-0.2, -0.15) is 5.10 Å². The first-order valence-electron chi connectivity index (χ1n) is 7.22. The fraction of sp³-hybridized carbons (Fsp3) is 0.267. The molecule has 1 N–H and O–H groups in total. The highest BCUT2D eigenvalue weighted by atomic mass is 16.6. The summed E-state index contributed by atoms with van der Waals surface area (Å²) in [5.74, 6) is -1.63. The molecule has 0 saturated carbocycles. The molecule has 10 nitrogen and oxygen atoms in total. The van der Waals surface area contributed by atoms with Crippen LogP contribution < -0.4 is 0 Å². The topological polar surface area (TPSA) is 128 Å². The van der Waals surface area contributed by atoms with E-state index in [2.05, 4.69) is 5.10 Å². The predicted octanol–water partition coefficient (Wildman–Crippen LogP) is 0.954. The van der Waals surface area contributed by atoms with E-state index in [0.29, 0.717) is 5.69 Å². The SMILES string of the molecule is COCCN(CC(=O)O)C(=O)c1cnn(-c2ccc([N+](=O)[O-])cc2)c1. The summed E-state index contributed by atoms with van der Waals surface area (Å²) in [5, 5.41) is 23.6. The number of nitro benzene ring substituents is 1. The zero-order valence-electron chi connectivity index (χ0n) is 13.4. The number of methoxy groups -OCH3 is 1. The maximum atomic E-state index is 12.4. The van der Waals surface area contributed by atoms with E-state index in [0.717, 1.165) is 4.90 Å². The van der Waals surface area contributed by atoms with Crippen LogP contribution in [0.5, 0.6) is 0 Å². The quantitative estimate of drug-likeness (QED) is 0.555. The van der Waals surface area contributed by atoms with Gasteiger partial charge in [-0.3, -0.25) is 19.7 Å².